The highest BCUT2D eigenvalue weighted by molar-refractivity contribution is 7.80. The molecule has 0 fully saturated rings. The number of hydrogen-bond donors (Lipinski definition) is 0. The molecule has 0 N–H and O–H groups in total. The van der Waals surface area contributed by atoms with Crippen molar-refractivity contribution in [2.45, 2.75) is 6.18 Å². The smallest absolute Gasteiger partial charge is 0.166 e. The lowest BCUT2D eigenvalue weighted by Crippen LogP contribution is -2.13. The molecule has 0 aliphatic heterocycles. The summed E-state index contributed by atoms with van der Waals surface area (Å²) >= 11 is 0. The number of benzene rings is 1. The van der Waals surface area contributed by atoms with E-state index < -0.39 is 19.0 Å². The zero-order valence-corrected chi connectivity index (χ0v) is 9.28. The molecule has 4 heteroatoms. The van der Waals surface area contributed by atoms with Gasteiger partial charge in [-0.1, -0.05) is 6.07 Å². The van der Waals surface area contributed by atoms with Crippen molar-refractivity contribution in [3.63, 3.8) is 0 Å². The second-order valence-electron chi connectivity index (χ2n) is 4.06. The van der Waals surface area contributed by atoms with Crippen molar-refractivity contribution in [1.29, 1.82) is 0 Å². The van der Waals surface area contributed by atoms with E-state index in [0.717, 1.165) is 11.4 Å². The summed E-state index contributed by atoms with van der Waals surface area (Å²) in [5.41, 5.74) is -0.551. The van der Waals surface area contributed by atoms with Gasteiger partial charge in [-0.2, -0.15) is 13.2 Å². The molecule has 1 rings (SSSR count). The molecule has 0 aliphatic rings. The fourth-order valence-electron chi connectivity index (χ4n) is 1.10. The van der Waals surface area contributed by atoms with Crippen molar-refractivity contribution in [2.24, 2.45) is 0 Å². The van der Waals surface area contributed by atoms with Gasteiger partial charge in [-0.25, -0.2) is 0 Å². The van der Waals surface area contributed by atoms with Crippen LogP contribution in [0, 0.1) is 0 Å². The largest absolute Gasteiger partial charge is 0.416 e. The van der Waals surface area contributed by atoms with Crippen LogP contribution in [-0.2, 0) is 6.18 Å². The Balaban J connectivity index is 3.15. The van der Waals surface area contributed by atoms with E-state index in [2.05, 4.69) is 0 Å². The summed E-state index contributed by atoms with van der Waals surface area (Å²) in [6.45, 7) is 6.01. The van der Waals surface area contributed by atoms with Crippen molar-refractivity contribution >= 4 is 12.6 Å². The molecule has 0 amide bonds. The van der Waals surface area contributed by atoms with Crippen LogP contribution in [0.2, 0.25) is 0 Å². The Morgan fingerprint density at radius 2 is 1.64 bits per heavy atom. The van der Waals surface area contributed by atoms with E-state index in [-0.39, 0.29) is 0 Å². The first-order valence-corrected chi connectivity index (χ1v) is 7.33. The van der Waals surface area contributed by atoms with Gasteiger partial charge < -0.3 is 0 Å². The first-order chi connectivity index (χ1) is 6.21. The molecule has 14 heavy (non-hydrogen) atoms. The topological polar surface area (TPSA) is 0 Å². The minimum atomic E-state index is -4.23. The molecule has 0 unspecified atom stereocenters. The van der Waals surface area contributed by atoms with Gasteiger partial charge in [-0.05, 0) is 18.2 Å². The van der Waals surface area contributed by atoms with Crippen LogP contribution in [0.15, 0.2) is 24.3 Å². The van der Waals surface area contributed by atoms with Crippen molar-refractivity contribution in [2.75, 3.05) is 20.0 Å². The lowest BCUT2D eigenvalue weighted by atomic mass is 10.2. The Kier molecular flexibility index (Phi) is 2.91. The molecule has 0 heterocycles. The van der Waals surface area contributed by atoms with E-state index in [0.29, 0.717) is 0 Å². The van der Waals surface area contributed by atoms with E-state index in [1.807, 2.05) is 20.0 Å². The van der Waals surface area contributed by atoms with Crippen LogP contribution in [0.1, 0.15) is 5.56 Å². The van der Waals surface area contributed by atoms with E-state index in [9.17, 15) is 13.2 Å². The van der Waals surface area contributed by atoms with E-state index >= 15 is 0 Å². The zero-order chi connectivity index (χ0) is 11.0. The fraction of sp³-hybridized carbons (Fsp3) is 0.400. The number of rotatable bonds is 1. The van der Waals surface area contributed by atoms with Gasteiger partial charge in [-0.3, -0.25) is 0 Å². The molecular weight excluding hydrogens is 208 g/mol. The van der Waals surface area contributed by atoms with Gasteiger partial charge >= 0.3 is 6.18 Å². The van der Waals surface area contributed by atoms with Crippen LogP contribution >= 0.6 is 7.26 Å². The summed E-state index contributed by atoms with van der Waals surface area (Å²) in [5.74, 6) is 0. The summed E-state index contributed by atoms with van der Waals surface area (Å²) in [6, 6.07) is 5.61. The molecule has 1 aromatic carbocycles. The van der Waals surface area contributed by atoms with Crippen molar-refractivity contribution in [3.05, 3.63) is 29.8 Å². The maximum atomic E-state index is 12.4. The van der Waals surface area contributed by atoms with Gasteiger partial charge in [0.15, 0.2) is 0 Å². The molecule has 0 nitrogen and oxygen atoms in total. The second-order valence-corrected chi connectivity index (χ2v) is 8.60. The monoisotopic (exact) mass is 221 g/mol. The highest BCUT2D eigenvalue weighted by Gasteiger charge is 2.32. The summed E-state index contributed by atoms with van der Waals surface area (Å²) < 4.78 is 37.1. The first kappa shape index (κ1) is 11.5. The third kappa shape index (κ3) is 2.71. The molecule has 1 aromatic rings. The van der Waals surface area contributed by atoms with E-state index in [1.165, 1.54) is 12.1 Å². The standard InChI is InChI=1S/C10H13F3P/c1-14(2,3)9-6-4-5-8(7-9)10(11,12)13/h4-7H,1-3H3/q+1. The Labute approximate surface area is 82.5 Å². The minimum Gasteiger partial charge on any atom is -0.166 e. The van der Waals surface area contributed by atoms with Crippen LogP contribution in [-0.4, -0.2) is 20.0 Å². The maximum Gasteiger partial charge on any atom is 0.416 e. The summed E-state index contributed by atoms with van der Waals surface area (Å²) in [4.78, 5) is 0. The SMILES string of the molecule is C[P+](C)(C)c1cccc(C(F)(F)F)c1. The fourth-order valence-corrected chi connectivity index (χ4v) is 2.16. The summed E-state index contributed by atoms with van der Waals surface area (Å²) in [6.07, 6.45) is -4.23. The predicted molar refractivity (Wildman–Crippen MR) is 55.8 cm³/mol. The quantitative estimate of drug-likeness (QED) is 0.638. The first-order valence-electron chi connectivity index (χ1n) is 4.20. The summed E-state index contributed by atoms with van der Waals surface area (Å²) in [7, 11) is -1.36. The summed E-state index contributed by atoms with van der Waals surface area (Å²) in [5, 5.41) is 0.812. The van der Waals surface area contributed by atoms with Crippen LogP contribution in [0.5, 0.6) is 0 Å². The van der Waals surface area contributed by atoms with Crippen LogP contribution in [0.3, 0.4) is 0 Å². The Bertz CT molecular complexity index is 294. The number of alkyl halides is 3. The van der Waals surface area contributed by atoms with Crippen LogP contribution in [0.4, 0.5) is 13.2 Å². The lowest BCUT2D eigenvalue weighted by molar-refractivity contribution is -0.137. The van der Waals surface area contributed by atoms with Gasteiger partial charge in [0.2, 0.25) is 0 Å². The molecular formula is C10H13F3P+. The normalized spacial score (nSPS) is 13.0. The van der Waals surface area contributed by atoms with Crippen LogP contribution in [0.25, 0.3) is 0 Å². The Morgan fingerprint density at radius 3 is 2.07 bits per heavy atom. The van der Waals surface area contributed by atoms with Gasteiger partial charge in [0.05, 0.1) is 30.9 Å². The molecule has 0 aromatic heterocycles. The molecule has 78 valence electrons. The van der Waals surface area contributed by atoms with Crippen molar-refractivity contribution in [3.8, 4) is 0 Å². The molecule has 0 saturated carbocycles. The third-order valence-corrected chi connectivity index (χ3v) is 3.78. The van der Waals surface area contributed by atoms with Crippen molar-refractivity contribution in [1.82, 2.24) is 0 Å². The van der Waals surface area contributed by atoms with Gasteiger partial charge in [0.1, 0.15) is 0 Å². The molecule has 0 atom stereocenters. The van der Waals surface area contributed by atoms with E-state index in [1.54, 1.807) is 6.07 Å². The van der Waals surface area contributed by atoms with Crippen molar-refractivity contribution < 1.29 is 13.2 Å². The van der Waals surface area contributed by atoms with Gasteiger partial charge in [-0.15, -0.1) is 0 Å². The lowest BCUT2D eigenvalue weighted by Gasteiger charge is -2.13. The second kappa shape index (κ2) is 3.54. The average molecular weight is 221 g/mol. The molecule has 0 bridgehead atoms. The molecule has 0 radical (unpaired) electrons. The average Bonchev–Trinajstić information content (AvgIpc) is 2.01. The third-order valence-electron chi connectivity index (χ3n) is 1.95. The molecule has 0 aliphatic carbocycles. The van der Waals surface area contributed by atoms with Gasteiger partial charge in [0, 0.05) is 7.26 Å². The number of hydrogen-bond acceptors (Lipinski definition) is 0. The minimum absolute atomic E-state index is 0.551. The Morgan fingerprint density at radius 1 is 1.07 bits per heavy atom. The molecule has 0 saturated heterocycles. The highest BCUT2D eigenvalue weighted by Crippen LogP contribution is 2.45. The molecule has 0 spiro atoms. The highest BCUT2D eigenvalue weighted by atomic mass is 31.2. The van der Waals surface area contributed by atoms with Gasteiger partial charge in [0.25, 0.3) is 0 Å². The maximum absolute atomic E-state index is 12.4. The Hall–Kier alpha value is -0.560. The number of halogens is 3. The predicted octanol–water partition coefficient (Wildman–Crippen LogP) is 3.24. The zero-order valence-electron chi connectivity index (χ0n) is 8.39. The van der Waals surface area contributed by atoms with E-state index in [4.69, 9.17) is 0 Å². The van der Waals surface area contributed by atoms with Crippen LogP contribution < -0.4 is 5.30 Å².